The quantitative estimate of drug-likeness (QED) is 0.698. The fourth-order valence-corrected chi connectivity index (χ4v) is 1.37. The van der Waals surface area contributed by atoms with E-state index in [2.05, 4.69) is 13.8 Å². The van der Waals surface area contributed by atoms with Gasteiger partial charge in [-0.05, 0) is 24.5 Å². The lowest BCUT2D eigenvalue weighted by Gasteiger charge is -2.11. The highest BCUT2D eigenvalue weighted by Gasteiger charge is 2.02. The maximum absolute atomic E-state index is 12.8. The van der Waals surface area contributed by atoms with E-state index in [4.69, 9.17) is 4.74 Å². The summed E-state index contributed by atoms with van der Waals surface area (Å²) in [5.41, 5.74) is 0. The molecule has 0 spiro atoms. The standard InChI is InChI=1S/C12H17FO/c1-3-5-10(2)9-14-12-7-4-6-11(13)8-12/h4,6-8,10H,3,5,9H2,1-2H3. The molecule has 0 aromatic heterocycles. The topological polar surface area (TPSA) is 9.23 Å². The smallest absolute Gasteiger partial charge is 0.126 e. The van der Waals surface area contributed by atoms with Crippen LogP contribution in [0.15, 0.2) is 24.3 Å². The minimum absolute atomic E-state index is 0.245. The first-order chi connectivity index (χ1) is 6.72. The summed E-state index contributed by atoms with van der Waals surface area (Å²) in [7, 11) is 0. The van der Waals surface area contributed by atoms with Gasteiger partial charge in [-0.1, -0.05) is 26.3 Å². The monoisotopic (exact) mass is 196 g/mol. The van der Waals surface area contributed by atoms with Gasteiger partial charge in [0, 0.05) is 6.07 Å². The first-order valence-corrected chi connectivity index (χ1v) is 5.10. The van der Waals surface area contributed by atoms with Gasteiger partial charge in [0.15, 0.2) is 0 Å². The number of hydrogen-bond donors (Lipinski definition) is 0. The second-order valence-electron chi connectivity index (χ2n) is 3.66. The van der Waals surface area contributed by atoms with Crippen LogP contribution in [-0.4, -0.2) is 6.61 Å². The van der Waals surface area contributed by atoms with Crippen molar-refractivity contribution in [3.63, 3.8) is 0 Å². The summed E-state index contributed by atoms with van der Waals surface area (Å²) in [4.78, 5) is 0. The van der Waals surface area contributed by atoms with Crippen LogP contribution in [0.1, 0.15) is 26.7 Å². The molecule has 0 heterocycles. The number of benzene rings is 1. The van der Waals surface area contributed by atoms with Gasteiger partial charge in [0.25, 0.3) is 0 Å². The van der Waals surface area contributed by atoms with Crippen molar-refractivity contribution in [1.29, 1.82) is 0 Å². The molecule has 2 heteroatoms. The van der Waals surface area contributed by atoms with E-state index in [9.17, 15) is 4.39 Å². The Kier molecular flexibility index (Phi) is 4.44. The predicted octanol–water partition coefficient (Wildman–Crippen LogP) is 3.64. The molecule has 1 unspecified atom stereocenters. The highest BCUT2D eigenvalue weighted by Crippen LogP contribution is 2.14. The Bertz CT molecular complexity index is 273. The van der Waals surface area contributed by atoms with Gasteiger partial charge in [0.1, 0.15) is 11.6 Å². The molecule has 0 saturated heterocycles. The Labute approximate surface area is 84.9 Å². The first kappa shape index (κ1) is 11.0. The van der Waals surface area contributed by atoms with Crippen molar-refractivity contribution in [3.8, 4) is 5.75 Å². The van der Waals surface area contributed by atoms with Crippen molar-refractivity contribution in [1.82, 2.24) is 0 Å². The molecular weight excluding hydrogens is 179 g/mol. The molecule has 0 aliphatic heterocycles. The summed E-state index contributed by atoms with van der Waals surface area (Å²) in [5, 5.41) is 0. The fourth-order valence-electron chi connectivity index (χ4n) is 1.37. The van der Waals surface area contributed by atoms with E-state index >= 15 is 0 Å². The molecule has 0 saturated carbocycles. The molecule has 14 heavy (non-hydrogen) atoms. The maximum Gasteiger partial charge on any atom is 0.126 e. The molecule has 0 fully saturated rings. The van der Waals surface area contributed by atoms with Gasteiger partial charge in [-0.3, -0.25) is 0 Å². The summed E-state index contributed by atoms with van der Waals surface area (Å²) in [6.07, 6.45) is 2.31. The molecule has 1 nitrogen and oxygen atoms in total. The lowest BCUT2D eigenvalue weighted by molar-refractivity contribution is 0.250. The van der Waals surface area contributed by atoms with E-state index in [0.29, 0.717) is 18.3 Å². The van der Waals surface area contributed by atoms with Gasteiger partial charge in [-0.15, -0.1) is 0 Å². The molecule has 1 atom stereocenters. The third kappa shape index (κ3) is 3.77. The normalized spacial score (nSPS) is 12.5. The number of rotatable bonds is 5. The van der Waals surface area contributed by atoms with Gasteiger partial charge in [-0.2, -0.15) is 0 Å². The first-order valence-electron chi connectivity index (χ1n) is 5.10. The molecule has 1 rings (SSSR count). The largest absolute Gasteiger partial charge is 0.493 e. The zero-order valence-electron chi connectivity index (χ0n) is 8.79. The van der Waals surface area contributed by atoms with Crippen LogP contribution in [0.25, 0.3) is 0 Å². The second-order valence-corrected chi connectivity index (χ2v) is 3.66. The van der Waals surface area contributed by atoms with E-state index in [1.165, 1.54) is 12.1 Å². The van der Waals surface area contributed by atoms with Crippen LogP contribution in [0, 0.1) is 11.7 Å². The maximum atomic E-state index is 12.8. The van der Waals surface area contributed by atoms with Gasteiger partial charge >= 0.3 is 0 Å². The van der Waals surface area contributed by atoms with Crippen LogP contribution in [0.2, 0.25) is 0 Å². The fraction of sp³-hybridized carbons (Fsp3) is 0.500. The van der Waals surface area contributed by atoms with Crippen molar-refractivity contribution in [2.45, 2.75) is 26.7 Å². The molecule has 0 aliphatic rings. The summed E-state index contributed by atoms with van der Waals surface area (Å²) >= 11 is 0. The molecule has 78 valence electrons. The van der Waals surface area contributed by atoms with E-state index in [1.54, 1.807) is 12.1 Å². The van der Waals surface area contributed by atoms with Gasteiger partial charge < -0.3 is 4.74 Å². The van der Waals surface area contributed by atoms with Crippen molar-refractivity contribution in [3.05, 3.63) is 30.1 Å². The van der Waals surface area contributed by atoms with E-state index < -0.39 is 0 Å². The van der Waals surface area contributed by atoms with Crippen molar-refractivity contribution in [2.75, 3.05) is 6.61 Å². The van der Waals surface area contributed by atoms with Crippen molar-refractivity contribution < 1.29 is 9.13 Å². The van der Waals surface area contributed by atoms with Gasteiger partial charge in [-0.25, -0.2) is 4.39 Å². The number of hydrogen-bond acceptors (Lipinski definition) is 1. The summed E-state index contributed by atoms with van der Waals surface area (Å²) in [5.74, 6) is 0.905. The molecule has 0 bridgehead atoms. The Morgan fingerprint density at radius 1 is 1.43 bits per heavy atom. The van der Waals surface area contributed by atoms with E-state index in [0.717, 1.165) is 12.8 Å². The minimum Gasteiger partial charge on any atom is -0.493 e. The summed E-state index contributed by atoms with van der Waals surface area (Å²) in [6, 6.07) is 6.28. The van der Waals surface area contributed by atoms with E-state index in [1.807, 2.05) is 0 Å². The zero-order chi connectivity index (χ0) is 10.4. The van der Waals surface area contributed by atoms with Gasteiger partial charge in [0.05, 0.1) is 6.61 Å². The lowest BCUT2D eigenvalue weighted by Crippen LogP contribution is -2.08. The number of ether oxygens (including phenoxy) is 1. The van der Waals surface area contributed by atoms with Crippen LogP contribution in [-0.2, 0) is 0 Å². The average Bonchev–Trinajstić information content (AvgIpc) is 2.15. The molecule has 1 aromatic rings. The SMILES string of the molecule is CCCC(C)COc1cccc(F)c1. The van der Waals surface area contributed by atoms with Crippen molar-refractivity contribution in [2.24, 2.45) is 5.92 Å². The number of halogens is 1. The van der Waals surface area contributed by atoms with Crippen LogP contribution < -0.4 is 4.74 Å². The Morgan fingerprint density at radius 2 is 2.21 bits per heavy atom. The van der Waals surface area contributed by atoms with Crippen LogP contribution in [0.3, 0.4) is 0 Å². The Balaban J connectivity index is 2.37. The summed E-state index contributed by atoms with van der Waals surface area (Å²) < 4.78 is 18.2. The second kappa shape index (κ2) is 5.63. The third-order valence-electron chi connectivity index (χ3n) is 2.11. The van der Waals surface area contributed by atoms with Crippen LogP contribution in [0.5, 0.6) is 5.75 Å². The van der Waals surface area contributed by atoms with Gasteiger partial charge in [0.2, 0.25) is 0 Å². The van der Waals surface area contributed by atoms with E-state index in [-0.39, 0.29) is 5.82 Å². The molecular formula is C12H17FO. The molecule has 0 amide bonds. The molecule has 0 N–H and O–H groups in total. The molecule has 0 radical (unpaired) electrons. The average molecular weight is 196 g/mol. The lowest BCUT2D eigenvalue weighted by atomic mass is 10.1. The zero-order valence-corrected chi connectivity index (χ0v) is 8.79. The highest BCUT2D eigenvalue weighted by atomic mass is 19.1. The van der Waals surface area contributed by atoms with Crippen molar-refractivity contribution >= 4 is 0 Å². The third-order valence-corrected chi connectivity index (χ3v) is 2.11. The van der Waals surface area contributed by atoms with Crippen LogP contribution in [0.4, 0.5) is 4.39 Å². The minimum atomic E-state index is -0.245. The summed E-state index contributed by atoms with van der Waals surface area (Å²) in [6.45, 7) is 4.96. The predicted molar refractivity (Wildman–Crippen MR) is 56.0 cm³/mol. The highest BCUT2D eigenvalue weighted by molar-refractivity contribution is 5.22. The molecule has 1 aromatic carbocycles. The molecule has 0 aliphatic carbocycles. The van der Waals surface area contributed by atoms with Crippen LogP contribution >= 0.6 is 0 Å². The Morgan fingerprint density at radius 3 is 2.86 bits per heavy atom. The Hall–Kier alpha value is -1.05.